The number of carbonyl (C=O) groups excluding carboxylic acids is 2. The monoisotopic (exact) mass is 395 g/mol. The summed E-state index contributed by atoms with van der Waals surface area (Å²) in [5.41, 5.74) is 1.57. The first kappa shape index (κ1) is 18.7. The number of aromatic nitrogens is 1. The molecule has 2 amide bonds. The van der Waals surface area contributed by atoms with Crippen LogP contribution < -0.4 is 5.32 Å². The molecule has 26 heavy (non-hydrogen) atoms. The Bertz CT molecular complexity index is 822. The number of aryl methyl sites for hydroxylation is 1. The lowest BCUT2D eigenvalue weighted by molar-refractivity contribution is -0.138. The Labute approximate surface area is 161 Å². The second-order valence-electron chi connectivity index (χ2n) is 6.32. The molecule has 1 unspecified atom stereocenters. The van der Waals surface area contributed by atoms with Crippen molar-refractivity contribution in [2.45, 2.75) is 38.8 Å². The van der Waals surface area contributed by atoms with Crippen LogP contribution in [-0.4, -0.2) is 34.5 Å². The summed E-state index contributed by atoms with van der Waals surface area (Å²) in [7, 11) is 0. The Hall–Kier alpha value is -2.05. The Balaban J connectivity index is 1.58. The van der Waals surface area contributed by atoms with Gasteiger partial charge in [0.2, 0.25) is 11.8 Å². The quantitative estimate of drug-likeness (QED) is 0.843. The number of halogens is 2. The summed E-state index contributed by atoms with van der Waals surface area (Å²) in [4.78, 5) is 26.7. The van der Waals surface area contributed by atoms with E-state index in [0.29, 0.717) is 35.3 Å². The predicted octanol–water partition coefficient (Wildman–Crippen LogP) is 3.14. The molecule has 8 heteroatoms. The molecule has 1 saturated heterocycles. The molecule has 0 saturated carbocycles. The van der Waals surface area contributed by atoms with Gasteiger partial charge < -0.3 is 14.7 Å². The van der Waals surface area contributed by atoms with Gasteiger partial charge in [-0.2, -0.15) is 0 Å². The number of rotatable bonds is 5. The minimum Gasteiger partial charge on any atom is -0.361 e. The van der Waals surface area contributed by atoms with Crippen molar-refractivity contribution in [2.24, 2.45) is 0 Å². The minimum absolute atomic E-state index is 0.109. The highest BCUT2D eigenvalue weighted by atomic mass is 35.5. The summed E-state index contributed by atoms with van der Waals surface area (Å²) in [6.45, 7) is 2.69. The number of benzene rings is 1. The van der Waals surface area contributed by atoms with Gasteiger partial charge in [-0.1, -0.05) is 34.4 Å². The van der Waals surface area contributed by atoms with Crippen molar-refractivity contribution >= 4 is 35.0 Å². The molecule has 1 atom stereocenters. The fraction of sp³-hybridized carbons (Fsp3) is 0.389. The van der Waals surface area contributed by atoms with Gasteiger partial charge in [-0.05, 0) is 37.5 Å². The number of carbonyl (C=O) groups is 2. The van der Waals surface area contributed by atoms with Gasteiger partial charge in [-0.25, -0.2) is 0 Å². The van der Waals surface area contributed by atoms with Crippen LogP contribution in [0.1, 0.15) is 29.9 Å². The van der Waals surface area contributed by atoms with Crippen LogP contribution in [0.4, 0.5) is 0 Å². The van der Waals surface area contributed by atoms with Gasteiger partial charge in [-0.3, -0.25) is 9.59 Å². The molecule has 1 aromatic carbocycles. The second-order valence-corrected chi connectivity index (χ2v) is 7.14. The van der Waals surface area contributed by atoms with E-state index >= 15 is 0 Å². The molecule has 3 rings (SSSR count). The highest BCUT2D eigenvalue weighted by molar-refractivity contribution is 6.42. The fourth-order valence-corrected chi connectivity index (χ4v) is 3.37. The van der Waals surface area contributed by atoms with Crippen LogP contribution in [0.3, 0.4) is 0 Å². The zero-order valence-corrected chi connectivity index (χ0v) is 15.8. The van der Waals surface area contributed by atoms with Gasteiger partial charge in [0.15, 0.2) is 0 Å². The van der Waals surface area contributed by atoms with Crippen molar-refractivity contribution in [1.82, 2.24) is 15.4 Å². The van der Waals surface area contributed by atoms with Crippen LogP contribution in [0.2, 0.25) is 10.0 Å². The second kappa shape index (κ2) is 8.10. The van der Waals surface area contributed by atoms with Gasteiger partial charge in [0.25, 0.3) is 0 Å². The average Bonchev–Trinajstić information content (AvgIpc) is 3.24. The molecule has 1 aromatic heterocycles. The summed E-state index contributed by atoms with van der Waals surface area (Å²) in [5, 5.41) is 7.56. The fourth-order valence-electron chi connectivity index (χ4n) is 3.04. The number of hydrogen-bond acceptors (Lipinski definition) is 4. The normalized spacial score (nSPS) is 16.7. The highest BCUT2D eigenvalue weighted by Gasteiger charge is 2.34. The SMILES string of the molecule is Cc1cc(CC(=O)N2CCCC2C(=O)NCc2ccc(Cl)c(Cl)c2)on1. The third-order valence-electron chi connectivity index (χ3n) is 4.33. The van der Waals surface area contributed by atoms with E-state index in [0.717, 1.165) is 17.7 Å². The van der Waals surface area contributed by atoms with Crippen molar-refractivity contribution in [1.29, 1.82) is 0 Å². The zero-order valence-electron chi connectivity index (χ0n) is 14.3. The van der Waals surface area contributed by atoms with Gasteiger partial charge in [0, 0.05) is 19.2 Å². The standard InChI is InChI=1S/C18H19Cl2N3O3/c1-11-7-13(26-22-11)9-17(24)23-6-2-3-16(23)18(25)21-10-12-4-5-14(19)15(20)8-12/h4-5,7-8,16H,2-3,6,9-10H2,1H3,(H,21,25). The Kier molecular flexibility index (Phi) is 5.84. The third kappa shape index (κ3) is 4.37. The van der Waals surface area contributed by atoms with E-state index in [1.54, 1.807) is 36.1 Å². The Morgan fingerprint density at radius 1 is 1.31 bits per heavy atom. The maximum absolute atomic E-state index is 12.5. The molecule has 1 aliphatic rings. The van der Waals surface area contributed by atoms with Crippen LogP contribution in [-0.2, 0) is 22.6 Å². The lowest BCUT2D eigenvalue weighted by atomic mass is 10.1. The first-order valence-corrected chi connectivity index (χ1v) is 9.13. The molecular formula is C18H19Cl2N3O3. The molecule has 1 aliphatic heterocycles. The molecule has 138 valence electrons. The first-order valence-electron chi connectivity index (χ1n) is 8.37. The molecule has 2 aromatic rings. The summed E-state index contributed by atoms with van der Waals surface area (Å²) < 4.78 is 5.10. The number of amides is 2. The molecule has 0 aliphatic carbocycles. The summed E-state index contributed by atoms with van der Waals surface area (Å²) >= 11 is 11.9. The van der Waals surface area contributed by atoms with Gasteiger partial charge in [0.05, 0.1) is 22.2 Å². The molecule has 0 bridgehead atoms. The van der Waals surface area contributed by atoms with E-state index in [4.69, 9.17) is 27.7 Å². The lowest BCUT2D eigenvalue weighted by Gasteiger charge is -2.23. The third-order valence-corrected chi connectivity index (χ3v) is 5.07. The van der Waals surface area contributed by atoms with Gasteiger partial charge in [0.1, 0.15) is 11.8 Å². The van der Waals surface area contributed by atoms with E-state index < -0.39 is 6.04 Å². The largest absolute Gasteiger partial charge is 0.361 e. The van der Waals surface area contributed by atoms with E-state index in [2.05, 4.69) is 10.5 Å². The van der Waals surface area contributed by atoms with Crippen LogP contribution >= 0.6 is 23.2 Å². The van der Waals surface area contributed by atoms with Crippen molar-refractivity contribution in [3.05, 3.63) is 51.3 Å². The average molecular weight is 396 g/mol. The number of nitrogens with one attached hydrogen (secondary N) is 1. The van der Waals surface area contributed by atoms with Gasteiger partial charge >= 0.3 is 0 Å². The molecule has 1 fully saturated rings. The maximum Gasteiger partial charge on any atom is 0.243 e. The molecule has 1 N–H and O–H groups in total. The van der Waals surface area contributed by atoms with Crippen LogP contribution in [0.5, 0.6) is 0 Å². The van der Waals surface area contributed by atoms with E-state index in [1.165, 1.54) is 0 Å². The molecule has 2 heterocycles. The molecular weight excluding hydrogens is 377 g/mol. The summed E-state index contributed by atoms with van der Waals surface area (Å²) in [6.07, 6.45) is 1.55. The first-order chi connectivity index (χ1) is 12.4. The summed E-state index contributed by atoms with van der Waals surface area (Å²) in [5.74, 6) is 0.207. The van der Waals surface area contributed by atoms with E-state index in [-0.39, 0.29) is 18.2 Å². The number of nitrogens with zero attached hydrogens (tertiary/aromatic N) is 2. The molecule has 6 nitrogen and oxygen atoms in total. The van der Waals surface area contributed by atoms with Crippen molar-refractivity contribution in [3.8, 4) is 0 Å². The van der Waals surface area contributed by atoms with E-state index in [1.807, 2.05) is 0 Å². The zero-order chi connectivity index (χ0) is 18.7. The molecule has 0 spiro atoms. The highest BCUT2D eigenvalue weighted by Crippen LogP contribution is 2.23. The maximum atomic E-state index is 12.5. The number of likely N-dealkylation sites (tertiary alicyclic amines) is 1. The van der Waals surface area contributed by atoms with Gasteiger partial charge in [-0.15, -0.1) is 0 Å². The predicted molar refractivity (Wildman–Crippen MR) is 98.0 cm³/mol. The lowest BCUT2D eigenvalue weighted by Crippen LogP contribution is -2.46. The molecule has 0 radical (unpaired) electrons. The van der Waals surface area contributed by atoms with Crippen molar-refractivity contribution in [3.63, 3.8) is 0 Å². The summed E-state index contributed by atoms with van der Waals surface area (Å²) in [6, 6.07) is 6.48. The van der Waals surface area contributed by atoms with Crippen molar-refractivity contribution < 1.29 is 14.1 Å². The number of hydrogen-bond donors (Lipinski definition) is 1. The van der Waals surface area contributed by atoms with E-state index in [9.17, 15) is 9.59 Å². The minimum atomic E-state index is -0.464. The smallest absolute Gasteiger partial charge is 0.243 e. The Morgan fingerprint density at radius 2 is 2.12 bits per heavy atom. The van der Waals surface area contributed by atoms with Crippen LogP contribution in [0.25, 0.3) is 0 Å². The van der Waals surface area contributed by atoms with Crippen LogP contribution in [0, 0.1) is 6.92 Å². The van der Waals surface area contributed by atoms with Crippen molar-refractivity contribution in [2.75, 3.05) is 6.54 Å². The Morgan fingerprint density at radius 3 is 2.81 bits per heavy atom. The topological polar surface area (TPSA) is 75.4 Å². The van der Waals surface area contributed by atoms with Crippen LogP contribution in [0.15, 0.2) is 28.8 Å².